The Hall–Kier alpha value is -2.79. The van der Waals surface area contributed by atoms with Crippen molar-refractivity contribution < 1.29 is 14.3 Å². The number of fused-ring (bicyclic) bond motifs is 1. The van der Waals surface area contributed by atoms with Gasteiger partial charge in [-0.1, -0.05) is 11.6 Å². The van der Waals surface area contributed by atoms with Crippen LogP contribution in [0.2, 0.25) is 5.02 Å². The molecule has 6 heteroatoms. The number of rotatable bonds is 4. The van der Waals surface area contributed by atoms with Crippen molar-refractivity contribution in [2.75, 3.05) is 11.9 Å². The Morgan fingerprint density at radius 1 is 1.16 bits per heavy atom. The number of aryl methyl sites for hydroxylation is 1. The van der Waals surface area contributed by atoms with Crippen molar-refractivity contribution >= 4 is 40.1 Å². The van der Waals surface area contributed by atoms with Gasteiger partial charge in [0.25, 0.3) is 5.91 Å². The van der Waals surface area contributed by atoms with Crippen molar-refractivity contribution in [2.24, 2.45) is 0 Å². The first-order valence-corrected chi connectivity index (χ1v) is 8.23. The summed E-state index contributed by atoms with van der Waals surface area (Å²) in [6.07, 6.45) is 0. The van der Waals surface area contributed by atoms with E-state index in [1.165, 1.54) is 0 Å². The number of carbonyl (C=O) groups excluding carboxylic acids is 2. The zero-order valence-corrected chi connectivity index (χ0v) is 14.6. The van der Waals surface area contributed by atoms with E-state index in [4.69, 9.17) is 16.3 Å². The number of aromatic nitrogens is 1. The standard InChI is InChI=1S/C19H17ClN2O3/c1-3-25-19(24)12-4-7-14(8-5-12)21-18(23)17-11(2)15-10-13(20)6-9-16(15)22-17/h4-10,22H,3H2,1-2H3,(H,21,23). The van der Waals surface area contributed by atoms with Gasteiger partial charge >= 0.3 is 5.97 Å². The van der Waals surface area contributed by atoms with Crippen LogP contribution in [0.4, 0.5) is 5.69 Å². The molecule has 0 bridgehead atoms. The summed E-state index contributed by atoms with van der Waals surface area (Å²) in [6.45, 7) is 3.94. The average Bonchev–Trinajstić information content (AvgIpc) is 2.92. The second-order valence-corrected chi connectivity index (χ2v) is 6.00. The molecule has 25 heavy (non-hydrogen) atoms. The number of hydrogen-bond donors (Lipinski definition) is 2. The molecule has 128 valence electrons. The first kappa shape index (κ1) is 17.0. The van der Waals surface area contributed by atoms with E-state index in [-0.39, 0.29) is 11.9 Å². The summed E-state index contributed by atoms with van der Waals surface area (Å²) in [6, 6.07) is 12.0. The largest absolute Gasteiger partial charge is 0.462 e. The molecule has 3 aromatic rings. The Morgan fingerprint density at radius 2 is 1.88 bits per heavy atom. The molecule has 0 unspecified atom stereocenters. The van der Waals surface area contributed by atoms with Gasteiger partial charge in [-0.2, -0.15) is 0 Å². The zero-order chi connectivity index (χ0) is 18.0. The number of H-pyrrole nitrogens is 1. The zero-order valence-electron chi connectivity index (χ0n) is 13.9. The maximum atomic E-state index is 12.5. The molecule has 0 atom stereocenters. The number of halogens is 1. The minimum atomic E-state index is -0.385. The molecule has 0 saturated heterocycles. The average molecular weight is 357 g/mol. The predicted molar refractivity (Wildman–Crippen MR) is 98.4 cm³/mol. The number of carbonyl (C=O) groups is 2. The lowest BCUT2D eigenvalue weighted by Crippen LogP contribution is -2.13. The van der Waals surface area contributed by atoms with E-state index in [2.05, 4.69) is 10.3 Å². The van der Waals surface area contributed by atoms with E-state index in [0.29, 0.717) is 28.6 Å². The van der Waals surface area contributed by atoms with Crippen LogP contribution in [0.3, 0.4) is 0 Å². The molecule has 1 aromatic heterocycles. The molecule has 0 aliphatic rings. The number of benzene rings is 2. The summed E-state index contributed by atoms with van der Waals surface area (Å²) < 4.78 is 4.94. The first-order valence-electron chi connectivity index (χ1n) is 7.86. The van der Waals surface area contributed by atoms with Crippen LogP contribution < -0.4 is 5.32 Å². The highest BCUT2D eigenvalue weighted by atomic mass is 35.5. The van der Waals surface area contributed by atoms with Gasteiger partial charge in [0.15, 0.2) is 0 Å². The van der Waals surface area contributed by atoms with Gasteiger partial charge in [0.2, 0.25) is 0 Å². The van der Waals surface area contributed by atoms with Gasteiger partial charge in [0, 0.05) is 21.6 Å². The van der Waals surface area contributed by atoms with Crippen LogP contribution in [0.15, 0.2) is 42.5 Å². The van der Waals surface area contributed by atoms with Crippen LogP contribution in [-0.4, -0.2) is 23.5 Å². The summed E-state index contributed by atoms with van der Waals surface area (Å²) in [5, 5.41) is 4.35. The number of esters is 1. The predicted octanol–water partition coefficient (Wildman–Crippen LogP) is 4.56. The molecule has 0 spiro atoms. The molecule has 0 saturated carbocycles. The fraction of sp³-hybridized carbons (Fsp3) is 0.158. The summed E-state index contributed by atoms with van der Waals surface area (Å²) in [4.78, 5) is 27.3. The maximum Gasteiger partial charge on any atom is 0.338 e. The lowest BCUT2D eigenvalue weighted by molar-refractivity contribution is 0.0526. The van der Waals surface area contributed by atoms with Crippen LogP contribution >= 0.6 is 11.6 Å². The molecular weight excluding hydrogens is 340 g/mol. The van der Waals surface area contributed by atoms with Gasteiger partial charge in [-0.3, -0.25) is 4.79 Å². The van der Waals surface area contributed by atoms with Crippen LogP contribution in [0.1, 0.15) is 33.3 Å². The van der Waals surface area contributed by atoms with Gasteiger partial charge < -0.3 is 15.0 Å². The number of ether oxygens (including phenoxy) is 1. The van der Waals surface area contributed by atoms with E-state index in [0.717, 1.165) is 16.5 Å². The first-order chi connectivity index (χ1) is 12.0. The molecule has 1 amide bonds. The van der Waals surface area contributed by atoms with E-state index in [9.17, 15) is 9.59 Å². The quantitative estimate of drug-likeness (QED) is 0.673. The highest BCUT2D eigenvalue weighted by Crippen LogP contribution is 2.25. The highest BCUT2D eigenvalue weighted by Gasteiger charge is 2.15. The normalized spacial score (nSPS) is 10.7. The van der Waals surface area contributed by atoms with Gasteiger partial charge in [0.1, 0.15) is 5.69 Å². The second kappa shape index (κ2) is 6.99. The van der Waals surface area contributed by atoms with Crippen LogP contribution in [0.25, 0.3) is 10.9 Å². The minimum absolute atomic E-state index is 0.256. The lowest BCUT2D eigenvalue weighted by Gasteiger charge is -2.06. The van der Waals surface area contributed by atoms with Crippen molar-refractivity contribution in [3.05, 3.63) is 64.3 Å². The SMILES string of the molecule is CCOC(=O)c1ccc(NC(=O)c2[nH]c3ccc(Cl)cc3c2C)cc1. The highest BCUT2D eigenvalue weighted by molar-refractivity contribution is 6.31. The van der Waals surface area contributed by atoms with Crippen LogP contribution in [0, 0.1) is 6.92 Å². The molecule has 2 aromatic carbocycles. The third-order valence-corrected chi connectivity index (χ3v) is 4.14. The van der Waals surface area contributed by atoms with Gasteiger partial charge in [-0.25, -0.2) is 4.79 Å². The molecule has 2 N–H and O–H groups in total. The Kier molecular flexibility index (Phi) is 4.76. The molecule has 1 heterocycles. The Morgan fingerprint density at radius 3 is 2.56 bits per heavy atom. The van der Waals surface area contributed by atoms with Crippen molar-refractivity contribution in [3.63, 3.8) is 0 Å². The monoisotopic (exact) mass is 356 g/mol. The van der Waals surface area contributed by atoms with Crippen molar-refractivity contribution in [1.29, 1.82) is 0 Å². The topological polar surface area (TPSA) is 71.2 Å². The van der Waals surface area contributed by atoms with Crippen molar-refractivity contribution in [2.45, 2.75) is 13.8 Å². The fourth-order valence-electron chi connectivity index (χ4n) is 2.62. The van der Waals surface area contributed by atoms with E-state index in [1.54, 1.807) is 37.3 Å². The number of hydrogen-bond acceptors (Lipinski definition) is 3. The Labute approximate surface area is 149 Å². The van der Waals surface area contributed by atoms with Gasteiger partial charge in [-0.15, -0.1) is 0 Å². The van der Waals surface area contributed by atoms with Crippen LogP contribution in [-0.2, 0) is 4.74 Å². The molecule has 5 nitrogen and oxygen atoms in total. The van der Waals surface area contributed by atoms with Crippen LogP contribution in [0.5, 0.6) is 0 Å². The van der Waals surface area contributed by atoms with E-state index >= 15 is 0 Å². The smallest absolute Gasteiger partial charge is 0.338 e. The summed E-state index contributed by atoms with van der Waals surface area (Å²) in [5.74, 6) is -0.641. The Bertz CT molecular complexity index is 945. The number of aromatic amines is 1. The molecule has 0 fully saturated rings. The summed E-state index contributed by atoms with van der Waals surface area (Å²) in [5.41, 5.74) is 3.19. The third-order valence-electron chi connectivity index (χ3n) is 3.90. The van der Waals surface area contributed by atoms with Gasteiger partial charge in [0.05, 0.1) is 12.2 Å². The molecule has 3 rings (SSSR count). The lowest BCUT2D eigenvalue weighted by atomic mass is 10.1. The number of nitrogens with one attached hydrogen (secondary N) is 2. The fourth-order valence-corrected chi connectivity index (χ4v) is 2.80. The molecule has 0 aliphatic heterocycles. The van der Waals surface area contributed by atoms with Crippen molar-refractivity contribution in [1.82, 2.24) is 4.98 Å². The van der Waals surface area contributed by atoms with Gasteiger partial charge in [-0.05, 0) is 61.9 Å². The maximum absolute atomic E-state index is 12.5. The van der Waals surface area contributed by atoms with E-state index in [1.807, 2.05) is 19.1 Å². The molecule has 0 radical (unpaired) electrons. The molecule has 0 aliphatic carbocycles. The summed E-state index contributed by atoms with van der Waals surface area (Å²) in [7, 11) is 0. The molecular formula is C19H17ClN2O3. The number of anilines is 1. The summed E-state index contributed by atoms with van der Waals surface area (Å²) >= 11 is 6.02. The van der Waals surface area contributed by atoms with E-state index < -0.39 is 0 Å². The number of amides is 1. The van der Waals surface area contributed by atoms with Crippen molar-refractivity contribution in [3.8, 4) is 0 Å². The minimum Gasteiger partial charge on any atom is -0.462 e. The third kappa shape index (κ3) is 3.51. The Balaban J connectivity index is 1.80. The second-order valence-electron chi connectivity index (χ2n) is 5.57.